The van der Waals surface area contributed by atoms with Gasteiger partial charge in [-0.05, 0) is 30.5 Å². The molecule has 0 heterocycles. The first-order chi connectivity index (χ1) is 7.76. The van der Waals surface area contributed by atoms with Gasteiger partial charge in [0.25, 0.3) is 0 Å². The van der Waals surface area contributed by atoms with Gasteiger partial charge in [0.15, 0.2) is 5.96 Å². The number of hydrogen-bond acceptors (Lipinski definition) is 1. The molecule has 0 saturated carbocycles. The van der Waals surface area contributed by atoms with Gasteiger partial charge < -0.3 is 11.1 Å². The van der Waals surface area contributed by atoms with Crippen LogP contribution in [0.5, 0.6) is 0 Å². The fourth-order valence-corrected chi connectivity index (χ4v) is 1.46. The molecule has 0 atom stereocenters. The summed E-state index contributed by atoms with van der Waals surface area (Å²) in [5, 5.41) is 3.07. The van der Waals surface area contributed by atoms with Gasteiger partial charge in [0.2, 0.25) is 0 Å². The van der Waals surface area contributed by atoms with Crippen molar-refractivity contribution < 1.29 is 0 Å². The smallest absolute Gasteiger partial charge is 0.193 e. The predicted molar refractivity (Wildman–Crippen MR) is 70.8 cm³/mol. The van der Waals surface area contributed by atoms with Crippen molar-refractivity contribution in [2.75, 3.05) is 11.9 Å². The molecule has 1 rings (SSSR count). The maximum atomic E-state index is 5.73. The molecular formula is C13H21N3. The monoisotopic (exact) mass is 219 g/mol. The first-order valence-corrected chi connectivity index (χ1v) is 5.92. The summed E-state index contributed by atoms with van der Waals surface area (Å²) >= 11 is 0. The molecule has 88 valence electrons. The van der Waals surface area contributed by atoms with Crippen LogP contribution < -0.4 is 11.1 Å². The van der Waals surface area contributed by atoms with Crippen LogP contribution in [-0.4, -0.2) is 12.5 Å². The second-order valence-electron chi connectivity index (χ2n) is 3.84. The van der Waals surface area contributed by atoms with Gasteiger partial charge in [-0.25, -0.2) is 0 Å². The highest BCUT2D eigenvalue weighted by atomic mass is 15.1. The summed E-state index contributed by atoms with van der Waals surface area (Å²) in [7, 11) is 0. The quantitative estimate of drug-likeness (QED) is 0.591. The van der Waals surface area contributed by atoms with Crippen molar-refractivity contribution in [1.29, 1.82) is 0 Å². The summed E-state index contributed by atoms with van der Waals surface area (Å²) in [6, 6.07) is 8.33. The molecule has 0 amide bonds. The van der Waals surface area contributed by atoms with E-state index in [0.29, 0.717) is 5.96 Å². The maximum absolute atomic E-state index is 5.73. The van der Waals surface area contributed by atoms with E-state index in [1.54, 1.807) is 0 Å². The minimum atomic E-state index is 0.491. The number of nitrogens with zero attached hydrogens (tertiary/aromatic N) is 1. The number of aliphatic imine (C=N–C) groups is 1. The molecular weight excluding hydrogens is 198 g/mol. The van der Waals surface area contributed by atoms with Gasteiger partial charge >= 0.3 is 0 Å². The van der Waals surface area contributed by atoms with E-state index in [1.807, 2.05) is 12.1 Å². The van der Waals surface area contributed by atoms with E-state index in [0.717, 1.165) is 25.1 Å². The van der Waals surface area contributed by atoms with Crippen LogP contribution in [0.3, 0.4) is 0 Å². The molecule has 0 saturated heterocycles. The van der Waals surface area contributed by atoms with Crippen LogP contribution in [0.1, 0.15) is 32.3 Å². The molecule has 1 aromatic rings. The fourth-order valence-electron chi connectivity index (χ4n) is 1.46. The summed E-state index contributed by atoms with van der Waals surface area (Å²) in [5.74, 6) is 0.491. The molecule has 1 aromatic carbocycles. The SMILES string of the molecule is CCCN=C(N)Nc1ccc(CCC)cc1. The van der Waals surface area contributed by atoms with Crippen LogP contribution in [0.2, 0.25) is 0 Å². The third-order valence-electron chi connectivity index (χ3n) is 2.27. The molecule has 3 heteroatoms. The molecule has 0 aromatic heterocycles. The molecule has 0 radical (unpaired) electrons. The normalized spacial score (nSPS) is 11.5. The molecule has 3 N–H and O–H groups in total. The van der Waals surface area contributed by atoms with Gasteiger partial charge in [-0.1, -0.05) is 32.4 Å². The van der Waals surface area contributed by atoms with E-state index in [1.165, 1.54) is 12.0 Å². The third kappa shape index (κ3) is 4.34. The van der Waals surface area contributed by atoms with Crippen molar-refractivity contribution in [3.63, 3.8) is 0 Å². The Morgan fingerprint density at radius 2 is 1.88 bits per heavy atom. The highest BCUT2D eigenvalue weighted by Gasteiger charge is 1.95. The number of benzene rings is 1. The lowest BCUT2D eigenvalue weighted by molar-refractivity contribution is 0.922. The number of nitrogens with one attached hydrogen (secondary N) is 1. The Kier molecular flexibility index (Phi) is 5.40. The van der Waals surface area contributed by atoms with Gasteiger partial charge in [0.1, 0.15) is 0 Å². The third-order valence-corrected chi connectivity index (χ3v) is 2.27. The van der Waals surface area contributed by atoms with E-state index in [4.69, 9.17) is 5.73 Å². The Bertz CT molecular complexity index is 328. The Balaban J connectivity index is 2.54. The number of nitrogens with two attached hydrogens (primary N) is 1. The molecule has 0 spiro atoms. The van der Waals surface area contributed by atoms with Gasteiger partial charge in [-0.3, -0.25) is 4.99 Å². The van der Waals surface area contributed by atoms with E-state index in [9.17, 15) is 0 Å². The first-order valence-electron chi connectivity index (χ1n) is 5.92. The van der Waals surface area contributed by atoms with E-state index >= 15 is 0 Å². The number of guanidine groups is 1. The summed E-state index contributed by atoms with van der Waals surface area (Å²) < 4.78 is 0. The second kappa shape index (κ2) is 6.88. The molecule has 0 bridgehead atoms. The van der Waals surface area contributed by atoms with Crippen molar-refractivity contribution >= 4 is 11.6 Å². The Hall–Kier alpha value is -1.51. The van der Waals surface area contributed by atoms with E-state index < -0.39 is 0 Å². The largest absolute Gasteiger partial charge is 0.370 e. The Morgan fingerprint density at radius 1 is 1.19 bits per heavy atom. The van der Waals surface area contributed by atoms with Gasteiger partial charge in [0.05, 0.1) is 0 Å². The highest BCUT2D eigenvalue weighted by Crippen LogP contribution is 2.10. The molecule has 0 aliphatic heterocycles. The lowest BCUT2D eigenvalue weighted by Gasteiger charge is -2.06. The van der Waals surface area contributed by atoms with Gasteiger partial charge in [-0.15, -0.1) is 0 Å². The number of hydrogen-bond donors (Lipinski definition) is 2. The van der Waals surface area contributed by atoms with Gasteiger partial charge in [-0.2, -0.15) is 0 Å². The van der Waals surface area contributed by atoms with Crippen LogP contribution in [-0.2, 0) is 6.42 Å². The lowest BCUT2D eigenvalue weighted by atomic mass is 10.1. The lowest BCUT2D eigenvalue weighted by Crippen LogP contribution is -2.22. The summed E-state index contributed by atoms with van der Waals surface area (Å²) in [6.07, 6.45) is 3.31. The minimum Gasteiger partial charge on any atom is -0.370 e. The number of anilines is 1. The minimum absolute atomic E-state index is 0.491. The molecule has 0 aliphatic rings. The predicted octanol–water partition coefficient (Wildman–Crippen LogP) is 2.78. The average Bonchev–Trinajstić information content (AvgIpc) is 2.29. The molecule has 0 fully saturated rings. The standard InChI is InChI=1S/C13H21N3/c1-3-5-11-6-8-12(9-7-11)16-13(14)15-10-4-2/h6-9H,3-5,10H2,1-2H3,(H3,14,15,16). The average molecular weight is 219 g/mol. The van der Waals surface area contributed by atoms with E-state index in [-0.39, 0.29) is 0 Å². The van der Waals surface area contributed by atoms with Crippen molar-refractivity contribution in [3.8, 4) is 0 Å². The van der Waals surface area contributed by atoms with Crippen molar-refractivity contribution in [3.05, 3.63) is 29.8 Å². The fraction of sp³-hybridized carbons (Fsp3) is 0.462. The Labute approximate surface area is 97.8 Å². The zero-order valence-electron chi connectivity index (χ0n) is 10.2. The molecule has 3 nitrogen and oxygen atoms in total. The van der Waals surface area contributed by atoms with Crippen molar-refractivity contribution in [1.82, 2.24) is 0 Å². The molecule has 0 aliphatic carbocycles. The van der Waals surface area contributed by atoms with Crippen LogP contribution >= 0.6 is 0 Å². The van der Waals surface area contributed by atoms with Crippen LogP contribution in [0, 0.1) is 0 Å². The number of rotatable bonds is 5. The second-order valence-corrected chi connectivity index (χ2v) is 3.84. The van der Waals surface area contributed by atoms with E-state index in [2.05, 4.69) is 36.3 Å². The van der Waals surface area contributed by atoms with Gasteiger partial charge in [0, 0.05) is 12.2 Å². The van der Waals surface area contributed by atoms with Crippen molar-refractivity contribution in [2.24, 2.45) is 10.7 Å². The molecule has 0 unspecified atom stereocenters. The zero-order valence-corrected chi connectivity index (χ0v) is 10.2. The van der Waals surface area contributed by atoms with Crippen LogP contribution in [0.25, 0.3) is 0 Å². The summed E-state index contributed by atoms with van der Waals surface area (Å²) in [6.45, 7) is 5.03. The summed E-state index contributed by atoms with van der Waals surface area (Å²) in [5.41, 5.74) is 8.08. The topological polar surface area (TPSA) is 50.4 Å². The van der Waals surface area contributed by atoms with Crippen LogP contribution in [0.4, 0.5) is 5.69 Å². The Morgan fingerprint density at radius 3 is 2.44 bits per heavy atom. The zero-order chi connectivity index (χ0) is 11.8. The summed E-state index contributed by atoms with van der Waals surface area (Å²) in [4.78, 5) is 4.18. The highest BCUT2D eigenvalue weighted by molar-refractivity contribution is 5.92. The molecule has 16 heavy (non-hydrogen) atoms. The first kappa shape index (κ1) is 12.6. The van der Waals surface area contributed by atoms with Crippen LogP contribution in [0.15, 0.2) is 29.3 Å². The number of aryl methyl sites for hydroxylation is 1. The van der Waals surface area contributed by atoms with Crippen molar-refractivity contribution in [2.45, 2.75) is 33.1 Å². The maximum Gasteiger partial charge on any atom is 0.193 e.